The van der Waals surface area contributed by atoms with Crippen LogP contribution in [0.2, 0.25) is 0 Å². The monoisotopic (exact) mass is 382 g/mol. The van der Waals surface area contributed by atoms with Crippen molar-refractivity contribution in [1.82, 2.24) is 10.6 Å². The number of carbonyl (C=O) groups excluding carboxylic acids is 1. The standard InChI is InChI=1S/C22H30N4O2/c1-14-10-15(2)25-21(24-14)20(13-23)22(27)26-18-8-4-6-16(11-18)17-7-5-9-19(12-17)28-3/h4-9,11-12,14-15,20-21,24-25H,10,13,23H2,1-3H3,(H,26,27). The van der Waals surface area contributed by atoms with Gasteiger partial charge in [-0.05, 0) is 55.7 Å². The fraction of sp³-hybridized carbons (Fsp3) is 0.409. The Bertz CT molecular complexity index is 801. The molecule has 6 heteroatoms. The van der Waals surface area contributed by atoms with Crippen molar-refractivity contribution >= 4 is 11.6 Å². The Hall–Kier alpha value is -2.41. The van der Waals surface area contributed by atoms with Crippen molar-refractivity contribution in [3.05, 3.63) is 48.5 Å². The van der Waals surface area contributed by atoms with E-state index in [9.17, 15) is 4.79 Å². The van der Waals surface area contributed by atoms with E-state index in [4.69, 9.17) is 10.5 Å². The molecule has 1 aliphatic rings. The van der Waals surface area contributed by atoms with E-state index in [-0.39, 0.29) is 24.5 Å². The normalized spacial score (nSPS) is 23.1. The lowest BCUT2D eigenvalue weighted by atomic mass is 9.97. The van der Waals surface area contributed by atoms with Gasteiger partial charge in [0, 0.05) is 24.3 Å². The van der Waals surface area contributed by atoms with Crippen molar-refractivity contribution in [3.8, 4) is 16.9 Å². The van der Waals surface area contributed by atoms with Crippen molar-refractivity contribution in [3.63, 3.8) is 0 Å². The number of nitrogens with one attached hydrogen (secondary N) is 3. The van der Waals surface area contributed by atoms with Crippen LogP contribution in [-0.2, 0) is 4.79 Å². The van der Waals surface area contributed by atoms with E-state index in [1.807, 2.05) is 48.5 Å². The molecule has 1 amide bonds. The van der Waals surface area contributed by atoms with Crippen LogP contribution in [0.5, 0.6) is 5.75 Å². The summed E-state index contributed by atoms with van der Waals surface area (Å²) in [6.07, 6.45) is 0.892. The maximum Gasteiger partial charge on any atom is 0.231 e. The summed E-state index contributed by atoms with van der Waals surface area (Å²) in [5.74, 6) is 0.357. The molecule has 1 fully saturated rings. The molecule has 0 radical (unpaired) electrons. The molecule has 6 nitrogen and oxygen atoms in total. The van der Waals surface area contributed by atoms with Gasteiger partial charge in [-0.3, -0.25) is 15.4 Å². The van der Waals surface area contributed by atoms with E-state index in [1.54, 1.807) is 7.11 Å². The number of carbonyl (C=O) groups is 1. The van der Waals surface area contributed by atoms with Crippen LogP contribution in [0.25, 0.3) is 11.1 Å². The molecule has 1 saturated heterocycles. The molecule has 3 unspecified atom stereocenters. The third kappa shape index (κ3) is 4.90. The maximum absolute atomic E-state index is 12.9. The minimum absolute atomic E-state index is 0.0865. The maximum atomic E-state index is 12.9. The Morgan fingerprint density at radius 3 is 2.43 bits per heavy atom. The van der Waals surface area contributed by atoms with Gasteiger partial charge in [-0.1, -0.05) is 24.3 Å². The topological polar surface area (TPSA) is 88.4 Å². The Labute approximate surface area is 166 Å². The van der Waals surface area contributed by atoms with Crippen LogP contribution < -0.4 is 26.4 Å². The number of ether oxygens (including phenoxy) is 1. The van der Waals surface area contributed by atoms with E-state index in [0.717, 1.165) is 29.0 Å². The van der Waals surface area contributed by atoms with E-state index in [1.165, 1.54) is 0 Å². The first kappa shape index (κ1) is 20.3. The predicted molar refractivity (Wildman–Crippen MR) is 113 cm³/mol. The lowest BCUT2D eigenvalue weighted by Gasteiger charge is -2.38. The summed E-state index contributed by atoms with van der Waals surface area (Å²) in [5.41, 5.74) is 8.74. The number of nitrogens with two attached hydrogens (primary N) is 1. The molecule has 2 aromatic carbocycles. The lowest BCUT2D eigenvalue weighted by Crippen LogP contribution is -2.62. The van der Waals surface area contributed by atoms with Crippen molar-refractivity contribution in [2.24, 2.45) is 11.7 Å². The molecule has 0 bridgehead atoms. The molecule has 1 aliphatic heterocycles. The first-order valence-electron chi connectivity index (χ1n) is 9.77. The van der Waals surface area contributed by atoms with Crippen LogP contribution >= 0.6 is 0 Å². The highest BCUT2D eigenvalue weighted by atomic mass is 16.5. The van der Waals surface area contributed by atoms with Gasteiger partial charge in [-0.15, -0.1) is 0 Å². The van der Waals surface area contributed by atoms with E-state index < -0.39 is 0 Å². The molecule has 28 heavy (non-hydrogen) atoms. The molecule has 2 aromatic rings. The molecule has 150 valence electrons. The number of benzene rings is 2. The Kier molecular flexibility index (Phi) is 6.67. The van der Waals surface area contributed by atoms with Gasteiger partial charge in [0.25, 0.3) is 0 Å². The molecule has 5 N–H and O–H groups in total. The number of amides is 1. The number of rotatable bonds is 6. The third-order valence-corrected chi connectivity index (χ3v) is 5.16. The quantitative estimate of drug-likeness (QED) is 0.617. The highest BCUT2D eigenvalue weighted by Crippen LogP contribution is 2.26. The minimum Gasteiger partial charge on any atom is -0.497 e. The van der Waals surface area contributed by atoms with Crippen LogP contribution in [0.3, 0.4) is 0 Å². The zero-order chi connectivity index (χ0) is 20.1. The lowest BCUT2D eigenvalue weighted by molar-refractivity contribution is -0.121. The zero-order valence-corrected chi connectivity index (χ0v) is 16.7. The first-order chi connectivity index (χ1) is 13.5. The zero-order valence-electron chi connectivity index (χ0n) is 16.7. The Balaban J connectivity index is 1.74. The van der Waals surface area contributed by atoms with E-state index in [0.29, 0.717) is 12.1 Å². The van der Waals surface area contributed by atoms with Crippen LogP contribution in [0.1, 0.15) is 20.3 Å². The molecule has 0 saturated carbocycles. The molecular weight excluding hydrogens is 352 g/mol. The summed E-state index contributed by atoms with van der Waals surface area (Å²) < 4.78 is 5.30. The molecule has 0 aliphatic carbocycles. The van der Waals surface area contributed by atoms with Gasteiger partial charge >= 0.3 is 0 Å². The highest BCUT2D eigenvalue weighted by molar-refractivity contribution is 5.93. The second kappa shape index (κ2) is 9.19. The van der Waals surface area contributed by atoms with Crippen LogP contribution in [0.4, 0.5) is 5.69 Å². The van der Waals surface area contributed by atoms with Gasteiger partial charge in [0.15, 0.2) is 0 Å². The van der Waals surface area contributed by atoms with E-state index in [2.05, 4.69) is 29.8 Å². The summed E-state index contributed by atoms with van der Waals surface area (Å²) in [4.78, 5) is 12.9. The first-order valence-corrected chi connectivity index (χ1v) is 9.77. The fourth-order valence-electron chi connectivity index (χ4n) is 3.77. The Morgan fingerprint density at radius 2 is 1.79 bits per heavy atom. The fourth-order valence-corrected chi connectivity index (χ4v) is 3.77. The van der Waals surface area contributed by atoms with Crippen LogP contribution in [0, 0.1) is 5.92 Å². The van der Waals surface area contributed by atoms with Gasteiger partial charge in [0.1, 0.15) is 5.75 Å². The number of hydrogen-bond acceptors (Lipinski definition) is 5. The van der Waals surface area contributed by atoms with Crippen molar-refractivity contribution < 1.29 is 9.53 Å². The largest absolute Gasteiger partial charge is 0.497 e. The smallest absolute Gasteiger partial charge is 0.231 e. The van der Waals surface area contributed by atoms with Gasteiger partial charge in [-0.2, -0.15) is 0 Å². The summed E-state index contributed by atoms with van der Waals surface area (Å²) in [6.45, 7) is 4.53. The molecule has 0 spiro atoms. The van der Waals surface area contributed by atoms with Gasteiger partial charge < -0.3 is 15.8 Å². The number of methoxy groups -OCH3 is 1. The number of hydrogen-bond donors (Lipinski definition) is 4. The van der Waals surface area contributed by atoms with Gasteiger partial charge in [0.05, 0.1) is 19.2 Å². The van der Waals surface area contributed by atoms with Crippen molar-refractivity contribution in [2.75, 3.05) is 19.0 Å². The van der Waals surface area contributed by atoms with Crippen LogP contribution in [0.15, 0.2) is 48.5 Å². The highest BCUT2D eigenvalue weighted by Gasteiger charge is 2.32. The summed E-state index contributed by atoms with van der Waals surface area (Å²) in [5, 5.41) is 9.93. The number of anilines is 1. The van der Waals surface area contributed by atoms with Gasteiger partial charge in [0.2, 0.25) is 5.91 Å². The van der Waals surface area contributed by atoms with Crippen LogP contribution in [-0.4, -0.2) is 37.8 Å². The third-order valence-electron chi connectivity index (χ3n) is 5.16. The summed E-state index contributed by atoms with van der Waals surface area (Å²) in [7, 11) is 1.65. The molecule has 1 heterocycles. The summed E-state index contributed by atoms with van der Waals surface area (Å²) >= 11 is 0. The average Bonchev–Trinajstić information content (AvgIpc) is 2.68. The average molecular weight is 383 g/mol. The second-order valence-electron chi connectivity index (χ2n) is 7.49. The SMILES string of the molecule is COc1cccc(-c2cccc(NC(=O)C(CN)C3NC(C)CC(C)N3)c2)c1. The summed E-state index contributed by atoms with van der Waals surface area (Å²) in [6, 6.07) is 16.3. The van der Waals surface area contributed by atoms with E-state index >= 15 is 0 Å². The molecule has 3 rings (SSSR count). The minimum atomic E-state index is -0.356. The molecule has 3 atom stereocenters. The molecular formula is C22H30N4O2. The predicted octanol–water partition coefficient (Wildman–Crippen LogP) is 2.56. The van der Waals surface area contributed by atoms with Crippen molar-refractivity contribution in [2.45, 2.75) is 38.5 Å². The van der Waals surface area contributed by atoms with Gasteiger partial charge in [-0.25, -0.2) is 0 Å². The van der Waals surface area contributed by atoms with Crippen molar-refractivity contribution in [1.29, 1.82) is 0 Å². The Morgan fingerprint density at radius 1 is 1.14 bits per heavy atom. The second-order valence-corrected chi connectivity index (χ2v) is 7.49. The molecule has 0 aromatic heterocycles.